The van der Waals surface area contributed by atoms with Crippen molar-refractivity contribution in [3.8, 4) is 0 Å². The third-order valence-corrected chi connectivity index (χ3v) is 2.43. The van der Waals surface area contributed by atoms with E-state index in [-0.39, 0.29) is 5.78 Å². The van der Waals surface area contributed by atoms with Gasteiger partial charge in [-0.25, -0.2) is 4.98 Å². The Morgan fingerprint density at radius 1 is 1.47 bits per heavy atom. The van der Waals surface area contributed by atoms with Crippen molar-refractivity contribution in [1.82, 2.24) is 15.2 Å². The van der Waals surface area contributed by atoms with Gasteiger partial charge in [0.05, 0.1) is 0 Å². The van der Waals surface area contributed by atoms with Crippen LogP contribution in [-0.2, 0) is 6.42 Å². The lowest BCUT2D eigenvalue weighted by Crippen LogP contribution is -2.05. The van der Waals surface area contributed by atoms with Crippen molar-refractivity contribution in [2.45, 2.75) is 6.42 Å². The third-order valence-electron chi connectivity index (χ3n) is 1.93. The summed E-state index contributed by atoms with van der Waals surface area (Å²) < 4.78 is 0.963. The fourth-order valence-corrected chi connectivity index (χ4v) is 1.70. The molecule has 0 saturated carbocycles. The molecule has 1 N–H and O–H groups in total. The SMILES string of the molecule is O=C(Cc1cccc(Br)c1)c1ncn[nH]1. The first kappa shape index (κ1) is 10.0. The number of aromatic amines is 1. The van der Waals surface area contributed by atoms with Crippen LogP contribution in [0.25, 0.3) is 0 Å². The topological polar surface area (TPSA) is 58.6 Å². The molecule has 5 heteroatoms. The lowest BCUT2D eigenvalue weighted by atomic mass is 10.1. The van der Waals surface area contributed by atoms with E-state index in [4.69, 9.17) is 0 Å². The first-order chi connectivity index (χ1) is 7.25. The Morgan fingerprint density at radius 3 is 3.00 bits per heavy atom. The Hall–Kier alpha value is -1.49. The van der Waals surface area contributed by atoms with Gasteiger partial charge in [0, 0.05) is 10.9 Å². The number of halogens is 1. The lowest BCUT2D eigenvalue weighted by molar-refractivity contribution is 0.0983. The zero-order valence-corrected chi connectivity index (χ0v) is 9.36. The number of aromatic nitrogens is 3. The summed E-state index contributed by atoms with van der Waals surface area (Å²) in [5.74, 6) is 0.237. The predicted octanol–water partition coefficient (Wildman–Crippen LogP) is 1.99. The van der Waals surface area contributed by atoms with Gasteiger partial charge in [-0.15, -0.1) is 0 Å². The average molecular weight is 266 g/mol. The molecule has 1 heterocycles. The Bertz CT molecular complexity index is 467. The van der Waals surface area contributed by atoms with Gasteiger partial charge >= 0.3 is 0 Å². The van der Waals surface area contributed by atoms with Crippen LogP contribution in [0.15, 0.2) is 35.1 Å². The van der Waals surface area contributed by atoms with Gasteiger partial charge in [0.1, 0.15) is 6.33 Å². The molecular weight excluding hydrogens is 258 g/mol. The van der Waals surface area contributed by atoms with Crippen LogP contribution in [0.3, 0.4) is 0 Å². The summed E-state index contributed by atoms with van der Waals surface area (Å²) in [5, 5.41) is 6.19. The molecule has 0 fully saturated rings. The summed E-state index contributed by atoms with van der Waals surface area (Å²) in [7, 11) is 0. The zero-order chi connectivity index (χ0) is 10.7. The Morgan fingerprint density at radius 2 is 2.33 bits per heavy atom. The van der Waals surface area contributed by atoms with E-state index in [1.807, 2.05) is 24.3 Å². The monoisotopic (exact) mass is 265 g/mol. The molecule has 0 aliphatic carbocycles. The molecule has 15 heavy (non-hydrogen) atoms. The van der Waals surface area contributed by atoms with Gasteiger partial charge < -0.3 is 0 Å². The van der Waals surface area contributed by atoms with Crippen molar-refractivity contribution >= 4 is 21.7 Å². The maximum absolute atomic E-state index is 11.6. The second kappa shape index (κ2) is 4.35. The number of Topliss-reactive ketones (excluding diaryl/α,β-unsaturated/α-hetero) is 1. The van der Waals surface area contributed by atoms with Gasteiger partial charge in [0.25, 0.3) is 0 Å². The fourth-order valence-electron chi connectivity index (χ4n) is 1.26. The highest BCUT2D eigenvalue weighted by Crippen LogP contribution is 2.12. The van der Waals surface area contributed by atoms with Crippen LogP contribution in [0.1, 0.15) is 16.2 Å². The van der Waals surface area contributed by atoms with Gasteiger partial charge in [-0.3, -0.25) is 9.89 Å². The molecule has 0 radical (unpaired) electrons. The second-order valence-electron chi connectivity index (χ2n) is 3.06. The normalized spacial score (nSPS) is 10.2. The van der Waals surface area contributed by atoms with Crippen molar-refractivity contribution in [3.05, 3.63) is 46.5 Å². The Kier molecular flexibility index (Phi) is 2.91. The zero-order valence-electron chi connectivity index (χ0n) is 7.77. The van der Waals surface area contributed by atoms with Crippen molar-refractivity contribution in [2.24, 2.45) is 0 Å². The molecule has 4 nitrogen and oxygen atoms in total. The van der Waals surface area contributed by atoms with Gasteiger partial charge in [-0.05, 0) is 17.7 Å². The van der Waals surface area contributed by atoms with Crippen molar-refractivity contribution in [1.29, 1.82) is 0 Å². The molecule has 76 valence electrons. The molecule has 0 saturated heterocycles. The van der Waals surface area contributed by atoms with Crippen LogP contribution in [0.4, 0.5) is 0 Å². The number of hydrogen-bond donors (Lipinski definition) is 1. The van der Waals surface area contributed by atoms with Crippen LogP contribution >= 0.6 is 15.9 Å². The quantitative estimate of drug-likeness (QED) is 0.864. The maximum Gasteiger partial charge on any atom is 0.203 e. The van der Waals surface area contributed by atoms with Crippen molar-refractivity contribution < 1.29 is 4.79 Å². The minimum Gasteiger partial charge on any atom is -0.290 e. The summed E-state index contributed by atoms with van der Waals surface area (Å²) in [5.41, 5.74) is 0.950. The first-order valence-electron chi connectivity index (χ1n) is 4.39. The molecule has 0 aliphatic heterocycles. The lowest BCUT2D eigenvalue weighted by Gasteiger charge is -1.98. The van der Waals surface area contributed by atoms with Gasteiger partial charge in [-0.1, -0.05) is 28.1 Å². The van der Waals surface area contributed by atoms with Crippen LogP contribution < -0.4 is 0 Å². The van der Waals surface area contributed by atoms with E-state index in [0.29, 0.717) is 12.2 Å². The van der Waals surface area contributed by atoms with Crippen molar-refractivity contribution in [3.63, 3.8) is 0 Å². The molecule has 2 aromatic rings. The molecule has 0 amide bonds. The van der Waals surface area contributed by atoms with Crippen LogP contribution in [0, 0.1) is 0 Å². The number of carbonyl (C=O) groups excluding carboxylic acids is 1. The van der Waals surface area contributed by atoms with Crippen LogP contribution in [0.2, 0.25) is 0 Å². The molecular formula is C10H8BrN3O. The van der Waals surface area contributed by atoms with E-state index in [1.165, 1.54) is 6.33 Å². The smallest absolute Gasteiger partial charge is 0.203 e. The molecule has 2 rings (SSSR count). The summed E-state index contributed by atoms with van der Waals surface area (Å²) in [6.07, 6.45) is 1.66. The molecule has 0 bridgehead atoms. The molecule has 0 spiro atoms. The molecule has 0 aliphatic rings. The van der Waals surface area contributed by atoms with Gasteiger partial charge in [0.15, 0.2) is 5.82 Å². The summed E-state index contributed by atoms with van der Waals surface area (Å²) in [4.78, 5) is 15.4. The Balaban J connectivity index is 2.13. The molecule has 0 unspecified atom stereocenters. The summed E-state index contributed by atoms with van der Waals surface area (Å²) in [6.45, 7) is 0. The number of H-pyrrole nitrogens is 1. The number of benzene rings is 1. The van der Waals surface area contributed by atoms with Crippen LogP contribution in [0.5, 0.6) is 0 Å². The van der Waals surface area contributed by atoms with Gasteiger partial charge in [-0.2, -0.15) is 5.10 Å². The highest BCUT2D eigenvalue weighted by atomic mass is 79.9. The number of rotatable bonds is 3. The van der Waals surface area contributed by atoms with Gasteiger partial charge in [0.2, 0.25) is 5.78 Å². The van der Waals surface area contributed by atoms with Crippen LogP contribution in [-0.4, -0.2) is 21.0 Å². The van der Waals surface area contributed by atoms with E-state index >= 15 is 0 Å². The highest BCUT2D eigenvalue weighted by molar-refractivity contribution is 9.10. The van der Waals surface area contributed by atoms with E-state index in [1.54, 1.807) is 0 Å². The molecule has 1 aromatic heterocycles. The maximum atomic E-state index is 11.6. The molecule has 1 aromatic carbocycles. The fraction of sp³-hybridized carbons (Fsp3) is 0.100. The van der Waals surface area contributed by atoms with E-state index in [2.05, 4.69) is 31.1 Å². The standard InChI is InChI=1S/C10H8BrN3O/c11-8-3-1-2-7(4-8)5-9(15)10-12-6-13-14-10/h1-4,6H,5H2,(H,12,13,14). The summed E-state index contributed by atoms with van der Waals surface area (Å²) in [6, 6.07) is 7.63. The number of nitrogens with one attached hydrogen (secondary N) is 1. The predicted molar refractivity (Wildman–Crippen MR) is 58.6 cm³/mol. The first-order valence-corrected chi connectivity index (χ1v) is 5.18. The Labute approximate surface area is 94.9 Å². The molecule has 0 atom stereocenters. The number of hydrogen-bond acceptors (Lipinski definition) is 3. The minimum atomic E-state index is -0.0643. The van der Waals surface area contributed by atoms with E-state index in [9.17, 15) is 4.79 Å². The minimum absolute atomic E-state index is 0.0643. The summed E-state index contributed by atoms with van der Waals surface area (Å²) >= 11 is 3.35. The van der Waals surface area contributed by atoms with Crippen molar-refractivity contribution in [2.75, 3.05) is 0 Å². The van der Waals surface area contributed by atoms with E-state index < -0.39 is 0 Å². The average Bonchev–Trinajstić information content (AvgIpc) is 2.70. The third kappa shape index (κ3) is 2.50. The van der Waals surface area contributed by atoms with E-state index in [0.717, 1.165) is 10.0 Å². The highest BCUT2D eigenvalue weighted by Gasteiger charge is 2.09. The number of nitrogens with zero attached hydrogens (tertiary/aromatic N) is 2. The largest absolute Gasteiger partial charge is 0.290 e. The second-order valence-corrected chi connectivity index (χ2v) is 3.98. The number of ketones is 1. The number of carbonyl (C=O) groups is 1.